The van der Waals surface area contributed by atoms with E-state index in [1.54, 1.807) is 31.2 Å². The Morgan fingerprint density at radius 1 is 1.29 bits per heavy atom. The minimum absolute atomic E-state index is 0.159. The first-order valence-corrected chi connectivity index (χ1v) is 8.53. The molecule has 1 aromatic carbocycles. The molecule has 116 valence electrons. The molecule has 1 saturated heterocycles. The van der Waals surface area contributed by atoms with E-state index in [0.717, 1.165) is 9.87 Å². The van der Waals surface area contributed by atoms with Crippen LogP contribution in [-0.2, 0) is 14.8 Å². The summed E-state index contributed by atoms with van der Waals surface area (Å²) in [6.07, 6.45) is 0.570. The summed E-state index contributed by atoms with van der Waals surface area (Å²) in [5.74, 6) is -0.935. The molecule has 21 heavy (non-hydrogen) atoms. The number of aliphatic carboxylic acids is 1. The summed E-state index contributed by atoms with van der Waals surface area (Å²) >= 11 is 0. The van der Waals surface area contributed by atoms with Crippen molar-refractivity contribution in [2.24, 2.45) is 5.92 Å². The minimum Gasteiger partial charge on any atom is -0.480 e. The molecule has 1 aliphatic heterocycles. The van der Waals surface area contributed by atoms with Crippen LogP contribution in [0.1, 0.15) is 38.7 Å². The van der Waals surface area contributed by atoms with Gasteiger partial charge in [-0.05, 0) is 36.0 Å². The van der Waals surface area contributed by atoms with Crippen LogP contribution in [0.25, 0.3) is 0 Å². The number of hydrogen-bond acceptors (Lipinski definition) is 3. The molecule has 2 unspecified atom stereocenters. The summed E-state index contributed by atoms with van der Waals surface area (Å²) in [6.45, 7) is 6.10. The van der Waals surface area contributed by atoms with Crippen LogP contribution in [0, 0.1) is 5.92 Å². The molecule has 0 aliphatic carbocycles. The van der Waals surface area contributed by atoms with E-state index >= 15 is 0 Å². The molecule has 2 rings (SSSR count). The number of carboxylic acid groups (broad SMARTS) is 1. The van der Waals surface area contributed by atoms with Gasteiger partial charge in [0.05, 0.1) is 4.90 Å². The monoisotopic (exact) mass is 311 g/mol. The highest BCUT2D eigenvalue weighted by molar-refractivity contribution is 7.89. The third kappa shape index (κ3) is 2.96. The Bertz CT molecular complexity index is 622. The number of nitrogens with zero attached hydrogens (tertiary/aromatic N) is 1. The smallest absolute Gasteiger partial charge is 0.322 e. The highest BCUT2D eigenvalue weighted by Crippen LogP contribution is 2.30. The van der Waals surface area contributed by atoms with Gasteiger partial charge in [-0.15, -0.1) is 0 Å². The zero-order valence-electron chi connectivity index (χ0n) is 12.5. The Hall–Kier alpha value is -1.40. The van der Waals surface area contributed by atoms with E-state index in [1.807, 2.05) is 13.8 Å². The van der Waals surface area contributed by atoms with E-state index in [0.29, 0.717) is 12.3 Å². The van der Waals surface area contributed by atoms with Crippen molar-refractivity contribution in [3.05, 3.63) is 29.8 Å². The molecule has 1 aliphatic rings. The van der Waals surface area contributed by atoms with Crippen molar-refractivity contribution >= 4 is 16.0 Å². The Balaban J connectivity index is 2.35. The standard InChI is InChI=1S/C15H21NO4S/c1-10(2)12-4-6-13(7-5-12)21(19,20)16-9-8-11(3)14(16)15(17)18/h4-7,10-11,14H,8-9H2,1-3H3,(H,17,18). The van der Waals surface area contributed by atoms with Crippen LogP contribution in [-0.4, -0.2) is 36.4 Å². The molecular formula is C15H21NO4S. The largest absolute Gasteiger partial charge is 0.480 e. The van der Waals surface area contributed by atoms with Crippen molar-refractivity contribution < 1.29 is 18.3 Å². The molecular weight excluding hydrogens is 290 g/mol. The van der Waals surface area contributed by atoms with Crippen LogP contribution in [0.2, 0.25) is 0 Å². The maximum Gasteiger partial charge on any atom is 0.322 e. The van der Waals surface area contributed by atoms with Crippen LogP contribution in [0.15, 0.2) is 29.2 Å². The average Bonchev–Trinajstić information content (AvgIpc) is 2.81. The number of carbonyl (C=O) groups is 1. The summed E-state index contributed by atoms with van der Waals surface area (Å²) in [5, 5.41) is 9.28. The van der Waals surface area contributed by atoms with Crippen LogP contribution < -0.4 is 0 Å². The lowest BCUT2D eigenvalue weighted by Gasteiger charge is -2.23. The van der Waals surface area contributed by atoms with E-state index in [2.05, 4.69) is 0 Å². The second-order valence-corrected chi connectivity index (χ2v) is 7.78. The summed E-state index contributed by atoms with van der Waals surface area (Å²) in [7, 11) is -3.76. The van der Waals surface area contributed by atoms with Gasteiger partial charge in [-0.3, -0.25) is 4.79 Å². The number of sulfonamides is 1. The van der Waals surface area contributed by atoms with E-state index in [9.17, 15) is 18.3 Å². The molecule has 0 radical (unpaired) electrons. The Morgan fingerprint density at radius 3 is 2.33 bits per heavy atom. The van der Waals surface area contributed by atoms with Crippen molar-refractivity contribution in [3.63, 3.8) is 0 Å². The normalized spacial score (nSPS) is 23.6. The first-order chi connectivity index (χ1) is 9.75. The molecule has 1 heterocycles. The summed E-state index contributed by atoms with van der Waals surface area (Å²) in [6, 6.07) is 5.72. The predicted octanol–water partition coefficient (Wildman–Crippen LogP) is 2.29. The van der Waals surface area contributed by atoms with Gasteiger partial charge in [-0.1, -0.05) is 32.9 Å². The van der Waals surface area contributed by atoms with Crippen LogP contribution in [0.5, 0.6) is 0 Å². The van der Waals surface area contributed by atoms with Crippen molar-refractivity contribution in [3.8, 4) is 0 Å². The number of carboxylic acids is 1. The molecule has 0 saturated carbocycles. The average molecular weight is 311 g/mol. The van der Waals surface area contributed by atoms with Crippen LogP contribution in [0.3, 0.4) is 0 Å². The molecule has 1 N–H and O–H groups in total. The topological polar surface area (TPSA) is 74.7 Å². The number of rotatable bonds is 4. The van der Waals surface area contributed by atoms with Gasteiger partial charge in [-0.2, -0.15) is 4.31 Å². The third-order valence-corrected chi connectivity index (χ3v) is 5.96. The predicted molar refractivity (Wildman–Crippen MR) is 79.6 cm³/mol. The molecule has 0 spiro atoms. The van der Waals surface area contributed by atoms with Gasteiger partial charge in [0.15, 0.2) is 0 Å². The fourth-order valence-corrected chi connectivity index (χ4v) is 4.40. The maximum absolute atomic E-state index is 12.6. The van der Waals surface area contributed by atoms with Gasteiger partial charge in [0.2, 0.25) is 10.0 Å². The molecule has 0 amide bonds. The molecule has 1 aromatic rings. The quantitative estimate of drug-likeness (QED) is 0.926. The van der Waals surface area contributed by atoms with E-state index in [-0.39, 0.29) is 17.4 Å². The van der Waals surface area contributed by atoms with Crippen molar-refractivity contribution in [1.29, 1.82) is 0 Å². The van der Waals surface area contributed by atoms with Gasteiger partial charge in [0.1, 0.15) is 6.04 Å². The fraction of sp³-hybridized carbons (Fsp3) is 0.533. The Kier molecular flexibility index (Phi) is 4.39. The highest BCUT2D eigenvalue weighted by atomic mass is 32.2. The molecule has 5 nitrogen and oxygen atoms in total. The zero-order chi connectivity index (χ0) is 15.8. The van der Waals surface area contributed by atoms with Gasteiger partial charge >= 0.3 is 5.97 Å². The lowest BCUT2D eigenvalue weighted by molar-refractivity contribution is -0.141. The van der Waals surface area contributed by atoms with Gasteiger partial charge in [-0.25, -0.2) is 8.42 Å². The molecule has 2 atom stereocenters. The maximum atomic E-state index is 12.6. The van der Waals surface area contributed by atoms with Crippen molar-refractivity contribution in [2.75, 3.05) is 6.54 Å². The fourth-order valence-electron chi connectivity index (χ4n) is 2.71. The molecule has 1 fully saturated rings. The lowest BCUT2D eigenvalue weighted by Crippen LogP contribution is -2.42. The highest BCUT2D eigenvalue weighted by Gasteiger charge is 2.43. The van der Waals surface area contributed by atoms with Crippen molar-refractivity contribution in [1.82, 2.24) is 4.31 Å². The SMILES string of the molecule is CC(C)c1ccc(S(=O)(=O)N2CCC(C)C2C(=O)O)cc1. The molecule has 0 bridgehead atoms. The molecule has 6 heteroatoms. The van der Waals surface area contributed by atoms with Gasteiger partial charge in [0.25, 0.3) is 0 Å². The third-order valence-electron chi connectivity index (χ3n) is 4.06. The second kappa shape index (κ2) is 5.77. The first-order valence-electron chi connectivity index (χ1n) is 7.09. The Labute approximate surface area is 125 Å². The number of hydrogen-bond donors (Lipinski definition) is 1. The van der Waals surface area contributed by atoms with E-state index in [1.165, 1.54) is 0 Å². The minimum atomic E-state index is -3.76. The lowest BCUT2D eigenvalue weighted by atomic mass is 10.0. The summed E-state index contributed by atoms with van der Waals surface area (Å²) in [4.78, 5) is 11.5. The summed E-state index contributed by atoms with van der Waals surface area (Å²) < 4.78 is 26.4. The van der Waals surface area contributed by atoms with E-state index in [4.69, 9.17) is 0 Å². The zero-order valence-corrected chi connectivity index (χ0v) is 13.3. The Morgan fingerprint density at radius 2 is 1.86 bits per heavy atom. The first kappa shape index (κ1) is 16.0. The van der Waals surface area contributed by atoms with Gasteiger partial charge < -0.3 is 5.11 Å². The van der Waals surface area contributed by atoms with Crippen LogP contribution in [0.4, 0.5) is 0 Å². The molecule has 0 aromatic heterocycles. The second-order valence-electron chi connectivity index (χ2n) is 5.89. The van der Waals surface area contributed by atoms with Crippen molar-refractivity contribution in [2.45, 2.75) is 44.0 Å². The summed E-state index contributed by atoms with van der Waals surface area (Å²) in [5.41, 5.74) is 1.05. The van der Waals surface area contributed by atoms with E-state index < -0.39 is 22.0 Å². The number of benzene rings is 1. The van der Waals surface area contributed by atoms with Gasteiger partial charge in [0, 0.05) is 6.54 Å². The van der Waals surface area contributed by atoms with Crippen LogP contribution >= 0.6 is 0 Å².